The highest BCUT2D eigenvalue weighted by atomic mass is 16.5. The summed E-state index contributed by atoms with van der Waals surface area (Å²) < 4.78 is 21.9. The van der Waals surface area contributed by atoms with Gasteiger partial charge in [-0.3, -0.25) is 0 Å². The molecule has 0 radical (unpaired) electrons. The zero-order valence-electron chi connectivity index (χ0n) is 14.4. The summed E-state index contributed by atoms with van der Waals surface area (Å²) in [6.07, 6.45) is 0.643. The SMILES string of the molecule is COC(=O)c1nc2n(c1C(=O)OC)CCc1cc(OC)c(OC)cc1-2. The van der Waals surface area contributed by atoms with Crippen molar-refractivity contribution in [1.82, 2.24) is 9.55 Å². The van der Waals surface area contributed by atoms with Gasteiger partial charge in [-0.15, -0.1) is 0 Å². The Bertz CT molecular complexity index is 855. The first-order valence-corrected chi connectivity index (χ1v) is 7.58. The third-order valence-corrected chi connectivity index (χ3v) is 4.18. The van der Waals surface area contributed by atoms with E-state index in [0.29, 0.717) is 30.3 Å². The van der Waals surface area contributed by atoms with E-state index in [1.54, 1.807) is 24.9 Å². The number of aromatic nitrogens is 2. The van der Waals surface area contributed by atoms with Gasteiger partial charge in [0.15, 0.2) is 22.9 Å². The maximum atomic E-state index is 12.2. The molecule has 0 bridgehead atoms. The van der Waals surface area contributed by atoms with Crippen LogP contribution >= 0.6 is 0 Å². The summed E-state index contributed by atoms with van der Waals surface area (Å²) in [5.74, 6) is 0.315. The summed E-state index contributed by atoms with van der Waals surface area (Å²) in [7, 11) is 5.61. The fourth-order valence-electron chi connectivity index (χ4n) is 2.99. The summed E-state index contributed by atoms with van der Waals surface area (Å²) in [6, 6.07) is 3.66. The molecular weight excluding hydrogens is 328 g/mol. The van der Waals surface area contributed by atoms with E-state index in [0.717, 1.165) is 11.1 Å². The number of hydrogen-bond donors (Lipinski definition) is 0. The molecule has 0 spiro atoms. The van der Waals surface area contributed by atoms with Crippen LogP contribution in [-0.2, 0) is 22.4 Å². The van der Waals surface area contributed by atoms with E-state index in [1.165, 1.54) is 14.2 Å². The van der Waals surface area contributed by atoms with Gasteiger partial charge in [0.05, 0.1) is 28.4 Å². The molecule has 1 aliphatic heterocycles. The molecule has 1 aromatic carbocycles. The number of carbonyl (C=O) groups is 2. The lowest BCUT2D eigenvalue weighted by Gasteiger charge is -2.21. The molecule has 0 unspecified atom stereocenters. The summed E-state index contributed by atoms with van der Waals surface area (Å²) >= 11 is 0. The van der Waals surface area contributed by atoms with Crippen molar-refractivity contribution in [3.8, 4) is 22.9 Å². The van der Waals surface area contributed by atoms with Crippen molar-refractivity contribution in [3.05, 3.63) is 29.1 Å². The van der Waals surface area contributed by atoms with Crippen molar-refractivity contribution in [2.75, 3.05) is 28.4 Å². The van der Waals surface area contributed by atoms with E-state index in [2.05, 4.69) is 4.98 Å². The second-order valence-corrected chi connectivity index (χ2v) is 5.38. The zero-order chi connectivity index (χ0) is 18.1. The molecule has 132 valence electrons. The van der Waals surface area contributed by atoms with Crippen LogP contribution in [0.15, 0.2) is 12.1 Å². The lowest BCUT2D eigenvalue weighted by atomic mass is 9.99. The number of methoxy groups -OCH3 is 4. The molecule has 0 fully saturated rings. The first-order chi connectivity index (χ1) is 12.0. The van der Waals surface area contributed by atoms with Crippen molar-refractivity contribution >= 4 is 11.9 Å². The number of esters is 2. The quantitative estimate of drug-likeness (QED) is 0.778. The third-order valence-electron chi connectivity index (χ3n) is 4.18. The van der Waals surface area contributed by atoms with Gasteiger partial charge >= 0.3 is 11.9 Å². The Morgan fingerprint density at radius 1 is 1.00 bits per heavy atom. The predicted octanol–water partition coefficient (Wildman–Crippen LogP) is 1.70. The molecule has 3 rings (SSSR count). The van der Waals surface area contributed by atoms with Crippen LogP contribution < -0.4 is 9.47 Å². The van der Waals surface area contributed by atoms with Crippen LogP contribution in [0.5, 0.6) is 11.5 Å². The Morgan fingerprint density at radius 3 is 2.24 bits per heavy atom. The fourth-order valence-corrected chi connectivity index (χ4v) is 2.99. The van der Waals surface area contributed by atoms with Gasteiger partial charge in [0, 0.05) is 12.1 Å². The van der Waals surface area contributed by atoms with Crippen molar-refractivity contribution in [1.29, 1.82) is 0 Å². The van der Waals surface area contributed by atoms with Crippen LogP contribution in [0.4, 0.5) is 0 Å². The Balaban J connectivity index is 2.25. The fraction of sp³-hybridized carbons (Fsp3) is 0.353. The molecule has 0 saturated carbocycles. The lowest BCUT2D eigenvalue weighted by Crippen LogP contribution is -2.19. The Kier molecular flexibility index (Phi) is 4.35. The number of ether oxygens (including phenoxy) is 4. The molecule has 25 heavy (non-hydrogen) atoms. The lowest BCUT2D eigenvalue weighted by molar-refractivity contribution is 0.0543. The Morgan fingerprint density at radius 2 is 1.64 bits per heavy atom. The minimum absolute atomic E-state index is 0.0630. The van der Waals surface area contributed by atoms with Gasteiger partial charge < -0.3 is 23.5 Å². The van der Waals surface area contributed by atoms with Crippen LogP contribution in [0.1, 0.15) is 26.5 Å². The molecule has 0 aliphatic carbocycles. The van der Waals surface area contributed by atoms with Crippen molar-refractivity contribution in [2.45, 2.75) is 13.0 Å². The number of aryl methyl sites for hydroxylation is 1. The number of imidazole rings is 1. The van der Waals surface area contributed by atoms with Crippen molar-refractivity contribution < 1.29 is 28.5 Å². The van der Waals surface area contributed by atoms with Gasteiger partial charge in [0.25, 0.3) is 0 Å². The minimum atomic E-state index is -0.690. The maximum Gasteiger partial charge on any atom is 0.359 e. The molecule has 0 saturated heterocycles. The van der Waals surface area contributed by atoms with Gasteiger partial charge in [0.1, 0.15) is 5.82 Å². The second kappa shape index (κ2) is 6.46. The summed E-state index contributed by atoms with van der Waals surface area (Å²) in [4.78, 5) is 28.6. The molecule has 8 nitrogen and oxygen atoms in total. The summed E-state index contributed by atoms with van der Waals surface area (Å²) in [6.45, 7) is 0.478. The molecule has 0 amide bonds. The van der Waals surface area contributed by atoms with E-state index in [9.17, 15) is 9.59 Å². The van der Waals surface area contributed by atoms with Crippen LogP contribution in [0, 0.1) is 0 Å². The number of fused-ring (bicyclic) bond motifs is 3. The van der Waals surface area contributed by atoms with Gasteiger partial charge in [-0.1, -0.05) is 0 Å². The van der Waals surface area contributed by atoms with E-state index in [1.807, 2.05) is 6.07 Å². The largest absolute Gasteiger partial charge is 0.493 e. The molecule has 1 aliphatic rings. The van der Waals surface area contributed by atoms with Crippen LogP contribution in [0.2, 0.25) is 0 Å². The highest BCUT2D eigenvalue weighted by Gasteiger charge is 2.32. The average Bonchev–Trinajstić information content (AvgIpc) is 3.05. The van der Waals surface area contributed by atoms with Crippen LogP contribution in [-0.4, -0.2) is 49.9 Å². The zero-order valence-corrected chi connectivity index (χ0v) is 14.4. The average molecular weight is 346 g/mol. The van der Waals surface area contributed by atoms with E-state index < -0.39 is 11.9 Å². The summed E-state index contributed by atoms with van der Waals surface area (Å²) in [5.41, 5.74) is 1.78. The van der Waals surface area contributed by atoms with Gasteiger partial charge in [-0.05, 0) is 24.1 Å². The van der Waals surface area contributed by atoms with Crippen molar-refractivity contribution in [2.24, 2.45) is 0 Å². The molecule has 0 atom stereocenters. The topological polar surface area (TPSA) is 88.9 Å². The number of nitrogens with zero attached hydrogens (tertiary/aromatic N) is 2. The number of rotatable bonds is 4. The smallest absolute Gasteiger partial charge is 0.359 e. The molecule has 8 heteroatoms. The predicted molar refractivity (Wildman–Crippen MR) is 87.2 cm³/mol. The highest BCUT2D eigenvalue weighted by Crippen LogP contribution is 2.39. The molecule has 0 N–H and O–H groups in total. The van der Waals surface area contributed by atoms with E-state index >= 15 is 0 Å². The standard InChI is InChI=1S/C17H18N2O6/c1-22-11-7-9-5-6-19-14(17(21)25-4)13(16(20)24-3)18-15(19)10(9)8-12(11)23-2/h7-8H,5-6H2,1-4H3. The number of carbonyl (C=O) groups excluding carboxylic acids is 2. The maximum absolute atomic E-state index is 12.2. The van der Waals surface area contributed by atoms with Gasteiger partial charge in [0.2, 0.25) is 0 Å². The first kappa shape index (κ1) is 16.8. The van der Waals surface area contributed by atoms with Crippen LogP contribution in [0.3, 0.4) is 0 Å². The normalized spacial score (nSPS) is 12.0. The first-order valence-electron chi connectivity index (χ1n) is 7.58. The Hall–Kier alpha value is -3.03. The molecule has 2 aromatic rings. The summed E-state index contributed by atoms with van der Waals surface area (Å²) in [5, 5.41) is 0. The molecular formula is C17H18N2O6. The van der Waals surface area contributed by atoms with Gasteiger partial charge in [-0.2, -0.15) is 0 Å². The third kappa shape index (κ3) is 2.59. The van der Waals surface area contributed by atoms with Gasteiger partial charge in [-0.25, -0.2) is 14.6 Å². The van der Waals surface area contributed by atoms with E-state index in [4.69, 9.17) is 18.9 Å². The van der Waals surface area contributed by atoms with Crippen molar-refractivity contribution in [3.63, 3.8) is 0 Å². The molecule has 2 heterocycles. The monoisotopic (exact) mass is 346 g/mol. The number of benzene rings is 1. The highest BCUT2D eigenvalue weighted by molar-refractivity contribution is 6.01. The molecule has 1 aromatic heterocycles. The number of hydrogen-bond acceptors (Lipinski definition) is 7. The Labute approximate surface area is 144 Å². The van der Waals surface area contributed by atoms with Crippen LogP contribution in [0.25, 0.3) is 11.4 Å². The minimum Gasteiger partial charge on any atom is -0.493 e. The second-order valence-electron chi connectivity index (χ2n) is 5.38. The van der Waals surface area contributed by atoms with E-state index in [-0.39, 0.29) is 11.4 Å².